The highest BCUT2D eigenvalue weighted by Crippen LogP contribution is 2.22. The van der Waals surface area contributed by atoms with Crippen LogP contribution in [0.3, 0.4) is 0 Å². The van der Waals surface area contributed by atoms with Gasteiger partial charge in [-0.3, -0.25) is 0 Å². The van der Waals surface area contributed by atoms with Crippen LogP contribution in [0.25, 0.3) is 11.0 Å². The molecule has 1 aliphatic heterocycles. The van der Waals surface area contributed by atoms with E-state index in [-0.39, 0.29) is 0 Å². The first-order valence-electron chi connectivity index (χ1n) is 9.10. The highest BCUT2D eigenvalue weighted by molar-refractivity contribution is 7.89. The molecule has 0 amide bonds. The highest BCUT2D eigenvalue weighted by Gasteiger charge is 2.26. The number of hydrogen-bond acceptors (Lipinski definition) is 5. The summed E-state index contributed by atoms with van der Waals surface area (Å²) in [7, 11) is -3.36. The number of anilines is 1. The molecule has 1 saturated heterocycles. The Hall–Kier alpha value is -2.51. The van der Waals surface area contributed by atoms with Crippen LogP contribution in [-0.2, 0) is 16.6 Å². The van der Waals surface area contributed by atoms with Gasteiger partial charge in [-0.25, -0.2) is 18.4 Å². The van der Waals surface area contributed by atoms with E-state index in [1.807, 2.05) is 43.3 Å². The summed E-state index contributed by atoms with van der Waals surface area (Å²) in [6, 6.07) is 14.8. The van der Waals surface area contributed by atoms with Gasteiger partial charge in [-0.1, -0.05) is 24.3 Å². The lowest BCUT2D eigenvalue weighted by molar-refractivity contribution is 0.477. The maximum Gasteiger partial charge on any atom is 0.243 e. The minimum absolute atomic E-state index is 0.356. The van der Waals surface area contributed by atoms with Crippen LogP contribution >= 0.6 is 0 Å². The van der Waals surface area contributed by atoms with E-state index in [0.717, 1.165) is 41.0 Å². The molecule has 2 aromatic carbocycles. The Labute approximate surface area is 159 Å². The first kappa shape index (κ1) is 17.9. The van der Waals surface area contributed by atoms with E-state index in [1.165, 1.54) is 0 Å². The molecule has 0 radical (unpaired) electrons. The molecule has 140 valence electrons. The third-order valence-electron chi connectivity index (χ3n) is 4.83. The second-order valence-corrected chi connectivity index (χ2v) is 8.69. The molecule has 4 rings (SSSR count). The van der Waals surface area contributed by atoms with E-state index < -0.39 is 10.0 Å². The van der Waals surface area contributed by atoms with Gasteiger partial charge in [0.05, 0.1) is 21.6 Å². The van der Waals surface area contributed by atoms with Crippen LogP contribution in [-0.4, -0.2) is 35.8 Å². The van der Waals surface area contributed by atoms with Gasteiger partial charge in [-0.2, -0.15) is 4.31 Å². The lowest BCUT2D eigenvalue weighted by Gasteiger charge is -2.15. The van der Waals surface area contributed by atoms with Crippen molar-refractivity contribution in [3.8, 4) is 0 Å². The van der Waals surface area contributed by atoms with Crippen LogP contribution < -0.4 is 5.32 Å². The van der Waals surface area contributed by atoms with Crippen LogP contribution in [0.4, 0.5) is 5.82 Å². The van der Waals surface area contributed by atoms with E-state index >= 15 is 0 Å². The molecule has 0 saturated carbocycles. The quantitative estimate of drug-likeness (QED) is 0.732. The first-order chi connectivity index (χ1) is 13.0. The number of sulfonamides is 1. The minimum atomic E-state index is -3.36. The van der Waals surface area contributed by atoms with Crippen molar-refractivity contribution in [2.45, 2.75) is 31.2 Å². The van der Waals surface area contributed by atoms with Crippen LogP contribution in [0.15, 0.2) is 53.4 Å². The molecule has 2 heterocycles. The number of para-hydroxylation sites is 2. The molecule has 6 nitrogen and oxygen atoms in total. The van der Waals surface area contributed by atoms with E-state index in [9.17, 15) is 8.42 Å². The van der Waals surface area contributed by atoms with Gasteiger partial charge in [0.25, 0.3) is 0 Å². The fraction of sp³-hybridized carbons (Fsp3) is 0.300. The first-order valence-corrected chi connectivity index (χ1v) is 10.5. The minimum Gasteiger partial charge on any atom is -0.364 e. The second-order valence-electron chi connectivity index (χ2n) is 6.76. The lowest BCUT2D eigenvalue weighted by Crippen LogP contribution is -2.27. The maximum absolute atomic E-state index is 12.6. The van der Waals surface area contributed by atoms with Gasteiger partial charge in [0.15, 0.2) is 0 Å². The Morgan fingerprint density at radius 3 is 2.26 bits per heavy atom. The Kier molecular flexibility index (Phi) is 4.80. The van der Waals surface area contributed by atoms with Crippen molar-refractivity contribution < 1.29 is 8.42 Å². The summed E-state index contributed by atoms with van der Waals surface area (Å²) in [6.45, 7) is 3.71. The van der Waals surface area contributed by atoms with E-state index in [4.69, 9.17) is 0 Å². The second kappa shape index (κ2) is 7.25. The third kappa shape index (κ3) is 3.65. The van der Waals surface area contributed by atoms with Crippen molar-refractivity contribution in [3.05, 3.63) is 59.8 Å². The highest BCUT2D eigenvalue weighted by atomic mass is 32.2. The van der Waals surface area contributed by atoms with Gasteiger partial charge < -0.3 is 5.32 Å². The molecule has 0 unspecified atom stereocenters. The summed E-state index contributed by atoms with van der Waals surface area (Å²) >= 11 is 0. The van der Waals surface area contributed by atoms with Crippen LogP contribution in [0.1, 0.15) is 24.1 Å². The average molecular weight is 382 g/mol. The van der Waals surface area contributed by atoms with Gasteiger partial charge in [0.2, 0.25) is 10.0 Å². The normalized spacial score (nSPS) is 15.3. The van der Waals surface area contributed by atoms with Crippen LogP contribution in [0.5, 0.6) is 0 Å². The number of rotatable bonds is 5. The summed E-state index contributed by atoms with van der Waals surface area (Å²) in [5.74, 6) is 0.738. The Bertz CT molecular complexity index is 1060. The van der Waals surface area contributed by atoms with Crippen molar-refractivity contribution in [3.63, 3.8) is 0 Å². The predicted molar refractivity (Wildman–Crippen MR) is 106 cm³/mol. The largest absolute Gasteiger partial charge is 0.364 e. The number of nitrogens with zero attached hydrogens (tertiary/aromatic N) is 3. The van der Waals surface area contributed by atoms with E-state index in [2.05, 4.69) is 15.3 Å². The third-order valence-corrected chi connectivity index (χ3v) is 6.74. The smallest absolute Gasteiger partial charge is 0.243 e. The fourth-order valence-corrected chi connectivity index (χ4v) is 4.82. The summed E-state index contributed by atoms with van der Waals surface area (Å²) < 4.78 is 26.7. The molecule has 27 heavy (non-hydrogen) atoms. The van der Waals surface area contributed by atoms with Crippen LogP contribution in [0.2, 0.25) is 0 Å². The standard InChI is InChI=1S/C20H22N4O2S/c1-15-20(23-19-7-3-2-6-18(19)22-15)21-14-16-8-10-17(11-9-16)27(25,26)24-12-4-5-13-24/h2-3,6-11H,4-5,12-14H2,1H3,(H,21,23). The monoisotopic (exact) mass is 382 g/mol. The van der Waals surface area contributed by atoms with E-state index in [0.29, 0.717) is 24.5 Å². The van der Waals surface area contributed by atoms with Gasteiger partial charge in [-0.05, 0) is 49.6 Å². The summed E-state index contributed by atoms with van der Waals surface area (Å²) in [4.78, 5) is 9.55. The van der Waals surface area contributed by atoms with Gasteiger partial charge in [0, 0.05) is 19.6 Å². The molecule has 0 spiro atoms. The molecule has 7 heteroatoms. The predicted octanol–water partition coefficient (Wildman–Crippen LogP) is 3.33. The topological polar surface area (TPSA) is 75.2 Å². The number of fused-ring (bicyclic) bond motifs is 1. The zero-order valence-electron chi connectivity index (χ0n) is 15.2. The number of benzene rings is 2. The average Bonchev–Trinajstić information content (AvgIpc) is 3.22. The molecule has 1 aliphatic rings. The molecule has 1 aromatic heterocycles. The maximum atomic E-state index is 12.6. The molecule has 3 aromatic rings. The van der Waals surface area contributed by atoms with Crippen molar-refractivity contribution in [2.24, 2.45) is 0 Å². The van der Waals surface area contributed by atoms with Crippen LogP contribution in [0, 0.1) is 6.92 Å². The summed E-state index contributed by atoms with van der Waals surface area (Å²) in [6.07, 6.45) is 1.88. The molecule has 1 N–H and O–H groups in total. The van der Waals surface area contributed by atoms with Gasteiger partial charge in [0.1, 0.15) is 5.82 Å². The zero-order chi connectivity index (χ0) is 18.9. The Morgan fingerprint density at radius 1 is 0.963 bits per heavy atom. The number of aryl methyl sites for hydroxylation is 1. The Morgan fingerprint density at radius 2 is 1.59 bits per heavy atom. The summed E-state index contributed by atoms with van der Waals surface area (Å²) in [5.41, 5.74) is 3.54. The van der Waals surface area contributed by atoms with Crippen molar-refractivity contribution in [1.29, 1.82) is 0 Å². The summed E-state index contributed by atoms with van der Waals surface area (Å²) in [5, 5.41) is 3.30. The van der Waals surface area contributed by atoms with Gasteiger partial charge >= 0.3 is 0 Å². The molecule has 0 aliphatic carbocycles. The number of hydrogen-bond donors (Lipinski definition) is 1. The molecule has 0 bridgehead atoms. The molecular weight excluding hydrogens is 360 g/mol. The van der Waals surface area contributed by atoms with Crippen molar-refractivity contribution in [2.75, 3.05) is 18.4 Å². The molecular formula is C20H22N4O2S. The number of aromatic nitrogens is 2. The zero-order valence-corrected chi connectivity index (χ0v) is 16.0. The van der Waals surface area contributed by atoms with Crippen molar-refractivity contribution in [1.82, 2.24) is 14.3 Å². The SMILES string of the molecule is Cc1nc2ccccc2nc1NCc1ccc(S(=O)(=O)N2CCCC2)cc1. The lowest BCUT2D eigenvalue weighted by atomic mass is 10.2. The van der Waals surface area contributed by atoms with E-state index in [1.54, 1.807) is 16.4 Å². The van der Waals surface area contributed by atoms with Crippen molar-refractivity contribution >= 4 is 26.9 Å². The molecule has 0 atom stereocenters. The van der Waals surface area contributed by atoms with Gasteiger partial charge in [-0.15, -0.1) is 0 Å². The number of nitrogens with one attached hydrogen (secondary N) is 1. The molecule has 1 fully saturated rings. The fourth-order valence-electron chi connectivity index (χ4n) is 3.30. The Balaban J connectivity index is 1.48.